The Balaban J connectivity index is 0.00000361. The minimum atomic E-state index is -0.486. The fourth-order valence-corrected chi connectivity index (χ4v) is 1.47. The summed E-state index contributed by atoms with van der Waals surface area (Å²) in [6.07, 6.45) is 0. The summed E-state index contributed by atoms with van der Waals surface area (Å²) in [6.45, 7) is 2.50. The third-order valence-corrected chi connectivity index (χ3v) is 2.48. The van der Waals surface area contributed by atoms with Crippen molar-refractivity contribution in [3.8, 4) is 5.75 Å². The lowest BCUT2D eigenvalue weighted by molar-refractivity contribution is 0.0953. The highest BCUT2D eigenvalue weighted by Crippen LogP contribution is 2.17. The zero-order valence-electron chi connectivity index (χ0n) is 11.6. The number of ether oxygens (including phenoxy) is 2. The minimum absolute atomic E-state index is 0. The zero-order valence-corrected chi connectivity index (χ0v) is 12.4. The highest BCUT2D eigenvalue weighted by molar-refractivity contribution is 5.94. The van der Waals surface area contributed by atoms with Crippen LogP contribution in [0.25, 0.3) is 0 Å². The predicted molar refractivity (Wildman–Crippen MR) is 77.3 cm³/mol. The van der Waals surface area contributed by atoms with Gasteiger partial charge in [-0.25, -0.2) is 4.39 Å². The maximum absolute atomic E-state index is 13.2. The van der Waals surface area contributed by atoms with Gasteiger partial charge in [0.25, 0.3) is 5.91 Å². The minimum Gasteiger partial charge on any atom is -0.494 e. The molecule has 0 aliphatic carbocycles. The Morgan fingerprint density at radius 1 is 1.25 bits per heavy atom. The first kappa shape index (κ1) is 18.6. The van der Waals surface area contributed by atoms with Crippen LogP contribution in [0.15, 0.2) is 18.2 Å². The normalized spacial score (nSPS) is 9.75. The van der Waals surface area contributed by atoms with Crippen LogP contribution < -0.4 is 15.4 Å². The van der Waals surface area contributed by atoms with E-state index in [2.05, 4.69) is 10.6 Å². The molecule has 1 amide bonds. The molecule has 0 bridgehead atoms. The van der Waals surface area contributed by atoms with Crippen LogP contribution in [-0.4, -0.2) is 46.4 Å². The van der Waals surface area contributed by atoms with Gasteiger partial charge < -0.3 is 20.1 Å². The maximum Gasteiger partial charge on any atom is 0.251 e. The summed E-state index contributed by atoms with van der Waals surface area (Å²) in [4.78, 5) is 11.8. The van der Waals surface area contributed by atoms with E-state index in [1.54, 1.807) is 7.11 Å². The Labute approximate surface area is 124 Å². The Morgan fingerprint density at radius 3 is 2.65 bits per heavy atom. The van der Waals surface area contributed by atoms with E-state index in [9.17, 15) is 9.18 Å². The van der Waals surface area contributed by atoms with Crippen molar-refractivity contribution >= 4 is 18.3 Å². The Hall–Kier alpha value is -1.37. The number of hydrogen-bond acceptors (Lipinski definition) is 4. The Kier molecular flexibility index (Phi) is 9.71. The van der Waals surface area contributed by atoms with Crippen molar-refractivity contribution in [3.05, 3.63) is 29.6 Å². The van der Waals surface area contributed by atoms with Gasteiger partial charge in [-0.3, -0.25) is 4.79 Å². The van der Waals surface area contributed by atoms with E-state index in [1.165, 1.54) is 25.3 Å². The zero-order chi connectivity index (χ0) is 14.1. The molecule has 0 saturated carbocycles. The number of halogens is 2. The van der Waals surface area contributed by atoms with Gasteiger partial charge in [-0.1, -0.05) is 0 Å². The summed E-state index contributed by atoms with van der Waals surface area (Å²) in [5, 5.41) is 5.83. The number of rotatable bonds is 8. The molecule has 0 saturated heterocycles. The highest BCUT2D eigenvalue weighted by Gasteiger charge is 2.09. The highest BCUT2D eigenvalue weighted by atomic mass is 35.5. The lowest BCUT2D eigenvalue weighted by atomic mass is 10.2. The lowest BCUT2D eigenvalue weighted by Gasteiger charge is -2.08. The second kappa shape index (κ2) is 10.4. The fraction of sp³-hybridized carbons (Fsp3) is 0.462. The summed E-state index contributed by atoms with van der Waals surface area (Å²) in [5.74, 6) is -0.682. The lowest BCUT2D eigenvalue weighted by Crippen LogP contribution is -2.33. The van der Waals surface area contributed by atoms with Gasteiger partial charge in [-0.05, 0) is 18.2 Å². The molecule has 1 aromatic rings. The van der Waals surface area contributed by atoms with E-state index in [-0.39, 0.29) is 24.1 Å². The molecule has 2 N–H and O–H groups in total. The molecule has 20 heavy (non-hydrogen) atoms. The third-order valence-electron chi connectivity index (χ3n) is 2.48. The van der Waals surface area contributed by atoms with Gasteiger partial charge in [-0.15, -0.1) is 12.4 Å². The smallest absolute Gasteiger partial charge is 0.251 e. The summed E-state index contributed by atoms with van der Waals surface area (Å²) < 4.78 is 22.9. The quantitative estimate of drug-likeness (QED) is 0.709. The van der Waals surface area contributed by atoms with Crippen LogP contribution in [0.3, 0.4) is 0 Å². The van der Waals surface area contributed by atoms with Crippen molar-refractivity contribution in [2.45, 2.75) is 0 Å². The van der Waals surface area contributed by atoms with Gasteiger partial charge in [0.2, 0.25) is 0 Å². The number of methoxy groups -OCH3 is 2. The Morgan fingerprint density at radius 2 is 2.00 bits per heavy atom. The fourth-order valence-electron chi connectivity index (χ4n) is 1.47. The summed E-state index contributed by atoms with van der Waals surface area (Å²) in [5.41, 5.74) is 0.371. The van der Waals surface area contributed by atoms with Crippen LogP contribution in [-0.2, 0) is 4.74 Å². The van der Waals surface area contributed by atoms with Crippen molar-refractivity contribution in [2.24, 2.45) is 0 Å². The molecule has 0 spiro atoms. The number of nitrogens with one attached hydrogen (secondary N) is 2. The van der Waals surface area contributed by atoms with Crippen LogP contribution in [0.4, 0.5) is 4.39 Å². The first-order valence-corrected chi connectivity index (χ1v) is 6.00. The van der Waals surface area contributed by atoms with Crippen LogP contribution in [0.5, 0.6) is 5.75 Å². The van der Waals surface area contributed by atoms with Crippen molar-refractivity contribution in [1.82, 2.24) is 10.6 Å². The average Bonchev–Trinajstić information content (AvgIpc) is 2.43. The second-order valence-corrected chi connectivity index (χ2v) is 3.85. The van der Waals surface area contributed by atoms with E-state index >= 15 is 0 Å². The van der Waals surface area contributed by atoms with Gasteiger partial charge in [0.1, 0.15) is 0 Å². The first-order chi connectivity index (χ1) is 9.19. The molecule has 1 aromatic carbocycles. The van der Waals surface area contributed by atoms with Gasteiger partial charge >= 0.3 is 0 Å². The monoisotopic (exact) mass is 306 g/mol. The standard InChI is InChI=1S/C13H19FN2O3.ClH/c1-18-8-7-15-5-6-16-13(17)10-3-4-11(14)12(9-10)19-2;/h3-4,9,15H,5-8H2,1-2H3,(H,16,17);1H. The predicted octanol–water partition coefficient (Wildman–Crippen LogP) is 1.22. The van der Waals surface area contributed by atoms with E-state index in [4.69, 9.17) is 9.47 Å². The summed E-state index contributed by atoms with van der Waals surface area (Å²) in [7, 11) is 2.99. The first-order valence-electron chi connectivity index (χ1n) is 6.00. The molecule has 0 atom stereocenters. The van der Waals surface area contributed by atoms with Gasteiger partial charge in [0.05, 0.1) is 13.7 Å². The molecule has 0 unspecified atom stereocenters. The molecule has 0 aliphatic heterocycles. The average molecular weight is 307 g/mol. The number of carbonyl (C=O) groups excluding carboxylic acids is 1. The number of benzene rings is 1. The van der Waals surface area contributed by atoms with Crippen molar-refractivity contribution in [1.29, 1.82) is 0 Å². The van der Waals surface area contributed by atoms with Gasteiger partial charge in [0.15, 0.2) is 11.6 Å². The van der Waals surface area contributed by atoms with Crippen LogP contribution in [0, 0.1) is 5.82 Å². The third kappa shape index (κ3) is 6.18. The van der Waals surface area contributed by atoms with Crippen LogP contribution in [0.2, 0.25) is 0 Å². The molecule has 7 heteroatoms. The molecule has 0 aromatic heterocycles. The van der Waals surface area contributed by atoms with Crippen LogP contribution >= 0.6 is 12.4 Å². The molecule has 1 rings (SSSR count). The molecule has 0 radical (unpaired) electrons. The second-order valence-electron chi connectivity index (χ2n) is 3.85. The molecule has 0 heterocycles. The van der Waals surface area contributed by atoms with Crippen molar-refractivity contribution < 1.29 is 18.7 Å². The number of carbonyl (C=O) groups is 1. The summed E-state index contributed by atoms with van der Waals surface area (Å²) in [6, 6.07) is 4.01. The van der Waals surface area contributed by atoms with Gasteiger partial charge in [-0.2, -0.15) is 0 Å². The molecule has 114 valence electrons. The van der Waals surface area contributed by atoms with Crippen LogP contribution in [0.1, 0.15) is 10.4 Å². The largest absolute Gasteiger partial charge is 0.494 e. The maximum atomic E-state index is 13.2. The van der Waals surface area contributed by atoms with E-state index < -0.39 is 5.82 Å². The SMILES string of the molecule is COCCNCCNC(=O)c1ccc(F)c(OC)c1.Cl. The molecular formula is C13H20ClFN2O3. The molecule has 0 fully saturated rings. The van der Waals surface area contributed by atoms with E-state index in [1.807, 2.05) is 0 Å². The van der Waals surface area contributed by atoms with Crippen molar-refractivity contribution in [2.75, 3.05) is 40.5 Å². The molecular weight excluding hydrogens is 287 g/mol. The van der Waals surface area contributed by atoms with E-state index in [0.717, 1.165) is 6.54 Å². The van der Waals surface area contributed by atoms with E-state index in [0.29, 0.717) is 25.3 Å². The molecule has 5 nitrogen and oxygen atoms in total. The number of amides is 1. The molecule has 0 aliphatic rings. The Bertz CT molecular complexity index is 419. The number of hydrogen-bond donors (Lipinski definition) is 2. The van der Waals surface area contributed by atoms with Gasteiger partial charge in [0, 0.05) is 32.3 Å². The van der Waals surface area contributed by atoms with Crippen molar-refractivity contribution in [3.63, 3.8) is 0 Å². The summed E-state index contributed by atoms with van der Waals surface area (Å²) >= 11 is 0. The topological polar surface area (TPSA) is 59.6 Å².